The van der Waals surface area contributed by atoms with Crippen molar-refractivity contribution in [2.75, 3.05) is 19.6 Å². The van der Waals surface area contributed by atoms with Gasteiger partial charge in [0.1, 0.15) is 0 Å². The third-order valence-electron chi connectivity index (χ3n) is 11.7. The second-order valence-electron chi connectivity index (χ2n) is 17.5. The number of unbranched alkanes of at least 4 members (excludes halogenated alkanes) is 37. The summed E-state index contributed by atoms with van der Waals surface area (Å²) in [7, 11) is 0. The fourth-order valence-electron chi connectivity index (χ4n) is 8.05. The molecule has 0 unspecified atom stereocenters. The van der Waals surface area contributed by atoms with Crippen LogP contribution < -0.4 is 0 Å². The average molecular weight is 704 g/mol. The molecule has 50 heavy (non-hydrogen) atoms. The molecular formula is C49H101N. The van der Waals surface area contributed by atoms with Crippen molar-refractivity contribution in [3.8, 4) is 0 Å². The van der Waals surface area contributed by atoms with E-state index in [0.29, 0.717) is 0 Å². The lowest BCUT2D eigenvalue weighted by Crippen LogP contribution is -2.27. The van der Waals surface area contributed by atoms with E-state index in [1.165, 1.54) is 283 Å². The van der Waals surface area contributed by atoms with Gasteiger partial charge >= 0.3 is 0 Å². The molecule has 1 nitrogen and oxygen atoms in total. The van der Waals surface area contributed by atoms with Gasteiger partial charge in [0.05, 0.1) is 0 Å². The van der Waals surface area contributed by atoms with Crippen molar-refractivity contribution in [2.45, 2.75) is 291 Å². The van der Waals surface area contributed by atoms with Crippen LogP contribution >= 0.6 is 0 Å². The highest BCUT2D eigenvalue weighted by Crippen LogP contribution is 2.17. The van der Waals surface area contributed by atoms with Crippen molar-refractivity contribution in [3.63, 3.8) is 0 Å². The van der Waals surface area contributed by atoms with Crippen LogP contribution in [-0.2, 0) is 0 Å². The predicted molar refractivity (Wildman–Crippen MR) is 232 cm³/mol. The third-order valence-corrected chi connectivity index (χ3v) is 11.7. The molecule has 302 valence electrons. The molecule has 0 aliphatic carbocycles. The van der Waals surface area contributed by atoms with Gasteiger partial charge in [0, 0.05) is 0 Å². The minimum absolute atomic E-state index is 0.888. The lowest BCUT2D eigenvalue weighted by atomic mass is 10.0. The van der Waals surface area contributed by atoms with Crippen LogP contribution in [0.15, 0.2) is 0 Å². The Bertz CT molecular complexity index is 535. The van der Waals surface area contributed by atoms with E-state index in [2.05, 4.69) is 32.6 Å². The first kappa shape index (κ1) is 50.0. The molecule has 0 amide bonds. The highest BCUT2D eigenvalue weighted by Gasteiger charge is 2.06. The number of nitrogens with zero attached hydrogens (tertiary/aromatic N) is 1. The predicted octanol–water partition coefficient (Wildman–Crippen LogP) is 18.0. The van der Waals surface area contributed by atoms with Gasteiger partial charge < -0.3 is 4.90 Å². The number of hydrogen-bond donors (Lipinski definition) is 0. The molecule has 0 N–H and O–H groups in total. The molecule has 0 bridgehead atoms. The van der Waals surface area contributed by atoms with Crippen molar-refractivity contribution in [3.05, 3.63) is 0 Å². The second kappa shape index (κ2) is 45.1. The SMILES string of the molecule is CCCCCCCCCCCCCCCCCN(CCCCCCCCCCCCCCCCC)CCCCCCCCCCCCC(C)C. The molecule has 0 aromatic carbocycles. The Hall–Kier alpha value is -0.0400. The van der Waals surface area contributed by atoms with E-state index in [1.807, 2.05) is 0 Å². The molecule has 0 atom stereocenters. The first-order valence-electron chi connectivity index (χ1n) is 24.4. The fourth-order valence-corrected chi connectivity index (χ4v) is 8.05. The van der Waals surface area contributed by atoms with Gasteiger partial charge in [-0.25, -0.2) is 0 Å². The summed E-state index contributed by atoms with van der Waals surface area (Å²) in [5, 5.41) is 0. The lowest BCUT2D eigenvalue weighted by Gasteiger charge is -2.22. The Morgan fingerprint density at radius 2 is 0.420 bits per heavy atom. The number of rotatable bonds is 45. The lowest BCUT2D eigenvalue weighted by molar-refractivity contribution is 0.254. The van der Waals surface area contributed by atoms with Crippen LogP contribution in [0.2, 0.25) is 0 Å². The molecule has 0 spiro atoms. The summed E-state index contributed by atoms with van der Waals surface area (Å²) in [5.41, 5.74) is 0. The monoisotopic (exact) mass is 704 g/mol. The van der Waals surface area contributed by atoms with E-state index in [9.17, 15) is 0 Å². The fraction of sp³-hybridized carbons (Fsp3) is 1.00. The summed E-state index contributed by atoms with van der Waals surface area (Å²) >= 11 is 0. The summed E-state index contributed by atoms with van der Waals surface area (Å²) in [6.45, 7) is 13.5. The molecule has 0 heterocycles. The van der Waals surface area contributed by atoms with E-state index >= 15 is 0 Å². The quantitative estimate of drug-likeness (QED) is 0.0571. The molecule has 0 radical (unpaired) electrons. The maximum atomic E-state index is 2.88. The van der Waals surface area contributed by atoms with Gasteiger partial charge in [0.2, 0.25) is 0 Å². The molecule has 0 aromatic heterocycles. The minimum atomic E-state index is 0.888. The Labute approximate surface area is 320 Å². The van der Waals surface area contributed by atoms with E-state index in [4.69, 9.17) is 0 Å². The zero-order valence-electron chi connectivity index (χ0n) is 36.1. The topological polar surface area (TPSA) is 3.24 Å². The van der Waals surface area contributed by atoms with Crippen LogP contribution in [0.3, 0.4) is 0 Å². The smallest absolute Gasteiger partial charge is 0.00187 e. The van der Waals surface area contributed by atoms with E-state index in [0.717, 1.165) is 5.92 Å². The van der Waals surface area contributed by atoms with E-state index < -0.39 is 0 Å². The third kappa shape index (κ3) is 44.1. The summed E-state index contributed by atoms with van der Waals surface area (Å²) in [5.74, 6) is 0.888. The first-order chi connectivity index (χ1) is 24.7. The van der Waals surface area contributed by atoms with Crippen molar-refractivity contribution in [2.24, 2.45) is 5.92 Å². The molecule has 0 saturated heterocycles. The molecule has 1 heteroatoms. The van der Waals surface area contributed by atoms with Gasteiger partial charge in [-0.2, -0.15) is 0 Å². The summed E-state index contributed by atoms with van der Waals surface area (Å²) < 4.78 is 0. The zero-order chi connectivity index (χ0) is 36.3. The van der Waals surface area contributed by atoms with Gasteiger partial charge in [0.15, 0.2) is 0 Å². The normalized spacial score (nSPS) is 11.9. The van der Waals surface area contributed by atoms with Crippen LogP contribution in [0, 0.1) is 5.92 Å². The van der Waals surface area contributed by atoms with Crippen LogP contribution in [0.5, 0.6) is 0 Å². The van der Waals surface area contributed by atoms with Gasteiger partial charge in [0.25, 0.3) is 0 Å². The average Bonchev–Trinajstić information content (AvgIpc) is 3.11. The minimum Gasteiger partial charge on any atom is -0.303 e. The largest absolute Gasteiger partial charge is 0.303 e. The second-order valence-corrected chi connectivity index (χ2v) is 17.5. The van der Waals surface area contributed by atoms with Crippen LogP contribution in [0.1, 0.15) is 291 Å². The molecule has 0 saturated carbocycles. The zero-order valence-corrected chi connectivity index (χ0v) is 36.1. The van der Waals surface area contributed by atoms with Gasteiger partial charge in [-0.3, -0.25) is 0 Å². The molecule has 0 aliphatic rings. The molecule has 0 fully saturated rings. The standard InChI is InChI=1S/C49H101N/c1-5-7-9-11-13-15-17-19-21-23-26-30-34-38-42-46-50(48-44-40-36-32-28-25-29-33-37-41-45-49(3)4)47-43-39-35-31-27-24-22-20-18-16-14-12-10-8-6-2/h49H,5-48H2,1-4H3. The highest BCUT2D eigenvalue weighted by atomic mass is 15.1. The summed E-state index contributed by atoms with van der Waals surface area (Å²) in [6.07, 6.45) is 60.1. The molecule has 0 rings (SSSR count). The van der Waals surface area contributed by atoms with E-state index in [1.54, 1.807) is 0 Å². The van der Waals surface area contributed by atoms with Crippen LogP contribution in [-0.4, -0.2) is 24.5 Å². The molecule has 0 aromatic rings. The Kier molecular flexibility index (Phi) is 45.1. The van der Waals surface area contributed by atoms with Crippen LogP contribution in [0.4, 0.5) is 0 Å². The molecule has 0 aliphatic heterocycles. The number of hydrogen-bond acceptors (Lipinski definition) is 1. The summed E-state index contributed by atoms with van der Waals surface area (Å²) in [6, 6.07) is 0. The first-order valence-corrected chi connectivity index (χ1v) is 24.4. The van der Waals surface area contributed by atoms with Crippen molar-refractivity contribution in [1.82, 2.24) is 4.90 Å². The Morgan fingerprint density at radius 1 is 0.240 bits per heavy atom. The molecular weight excluding hydrogens is 603 g/mol. The highest BCUT2D eigenvalue weighted by molar-refractivity contribution is 4.61. The van der Waals surface area contributed by atoms with Gasteiger partial charge in [-0.05, 0) is 44.8 Å². The summed E-state index contributed by atoms with van der Waals surface area (Å²) in [4.78, 5) is 2.88. The Balaban J connectivity index is 3.93. The van der Waals surface area contributed by atoms with Crippen molar-refractivity contribution in [1.29, 1.82) is 0 Å². The maximum absolute atomic E-state index is 2.88. The van der Waals surface area contributed by atoms with Crippen molar-refractivity contribution < 1.29 is 0 Å². The van der Waals surface area contributed by atoms with Gasteiger partial charge in [-0.1, -0.05) is 272 Å². The van der Waals surface area contributed by atoms with Crippen LogP contribution in [0.25, 0.3) is 0 Å². The maximum Gasteiger partial charge on any atom is -0.00187 e. The van der Waals surface area contributed by atoms with Crippen molar-refractivity contribution >= 4 is 0 Å². The van der Waals surface area contributed by atoms with Gasteiger partial charge in [-0.15, -0.1) is 0 Å². The Morgan fingerprint density at radius 3 is 0.620 bits per heavy atom. The van der Waals surface area contributed by atoms with E-state index in [-0.39, 0.29) is 0 Å².